The normalized spacial score (nSPS) is 11.7. The maximum Gasteiger partial charge on any atom is 0.308 e. The van der Waals surface area contributed by atoms with Crippen LogP contribution in [-0.2, 0) is 52.2 Å². The van der Waals surface area contributed by atoms with E-state index in [-0.39, 0.29) is 25.0 Å². The highest BCUT2D eigenvalue weighted by Crippen LogP contribution is 2.14. The van der Waals surface area contributed by atoms with Crippen LogP contribution in [0.5, 0.6) is 0 Å². The zero-order valence-electron chi connectivity index (χ0n) is 32.6. The molecule has 50 heavy (non-hydrogen) atoms. The van der Waals surface area contributed by atoms with Gasteiger partial charge in [0.05, 0.1) is 98.9 Å². The van der Waals surface area contributed by atoms with E-state index < -0.39 is 5.60 Å². The van der Waals surface area contributed by atoms with Gasteiger partial charge in [0.15, 0.2) is 0 Å². The van der Waals surface area contributed by atoms with Gasteiger partial charge in [0, 0.05) is 6.42 Å². The van der Waals surface area contributed by atoms with Crippen molar-refractivity contribution < 1.29 is 52.2 Å². The van der Waals surface area contributed by atoms with Crippen molar-refractivity contribution in [2.24, 2.45) is 0 Å². The highest BCUT2D eigenvalue weighted by molar-refractivity contribution is 5.70. The third-order valence-electron chi connectivity index (χ3n) is 7.58. The molecule has 298 valence electrons. The SMILES string of the molecule is CCCCCCCCCCCCCCCCCC(=O)OCCOCCOCCOCCOCCOCCOCCOCCC(=O)OC(C)(C)C. The van der Waals surface area contributed by atoms with Crippen molar-refractivity contribution in [3.05, 3.63) is 0 Å². The van der Waals surface area contributed by atoms with Gasteiger partial charge < -0.3 is 42.6 Å². The van der Waals surface area contributed by atoms with Crippen LogP contribution in [0.2, 0.25) is 0 Å². The number of unbranched alkanes of at least 4 members (excludes halogenated alkanes) is 14. The van der Waals surface area contributed by atoms with Crippen LogP contribution < -0.4 is 0 Å². The minimum atomic E-state index is -0.473. The molecule has 0 unspecified atom stereocenters. The van der Waals surface area contributed by atoms with Gasteiger partial charge in [-0.3, -0.25) is 9.59 Å². The van der Waals surface area contributed by atoms with Crippen molar-refractivity contribution >= 4 is 11.9 Å². The monoisotopic (exact) mass is 721 g/mol. The van der Waals surface area contributed by atoms with E-state index in [0.29, 0.717) is 98.9 Å². The van der Waals surface area contributed by atoms with Gasteiger partial charge in [-0.25, -0.2) is 0 Å². The van der Waals surface area contributed by atoms with Crippen LogP contribution in [0.15, 0.2) is 0 Å². The molecule has 0 N–H and O–H groups in total. The Bertz CT molecular complexity index is 715. The first kappa shape index (κ1) is 48.7. The van der Waals surface area contributed by atoms with Crippen molar-refractivity contribution in [3.8, 4) is 0 Å². The van der Waals surface area contributed by atoms with Crippen LogP contribution in [0, 0.1) is 0 Å². The molecule has 0 spiro atoms. The van der Waals surface area contributed by atoms with Gasteiger partial charge in [0.1, 0.15) is 12.2 Å². The maximum atomic E-state index is 11.9. The van der Waals surface area contributed by atoms with Gasteiger partial charge in [0.2, 0.25) is 0 Å². The van der Waals surface area contributed by atoms with Gasteiger partial charge in [-0.1, -0.05) is 96.8 Å². The summed E-state index contributed by atoms with van der Waals surface area (Å²) in [5, 5.41) is 0. The zero-order chi connectivity index (χ0) is 36.6. The summed E-state index contributed by atoms with van der Waals surface area (Å²) in [6.07, 6.45) is 20.4. The summed E-state index contributed by atoms with van der Waals surface area (Å²) < 4.78 is 48.6. The van der Waals surface area contributed by atoms with E-state index in [1.165, 1.54) is 83.5 Å². The molecule has 11 heteroatoms. The Balaban J connectivity index is 3.18. The summed E-state index contributed by atoms with van der Waals surface area (Å²) in [6, 6.07) is 0. The van der Waals surface area contributed by atoms with Crippen LogP contribution in [0.1, 0.15) is 137 Å². The second-order valence-electron chi connectivity index (χ2n) is 13.5. The number of carbonyl (C=O) groups excluding carboxylic acids is 2. The Labute approximate surface area is 305 Å². The first-order chi connectivity index (χ1) is 24.3. The van der Waals surface area contributed by atoms with Crippen LogP contribution >= 0.6 is 0 Å². The molecule has 0 aliphatic carbocycles. The van der Waals surface area contributed by atoms with E-state index in [1.807, 2.05) is 20.8 Å². The van der Waals surface area contributed by atoms with E-state index in [2.05, 4.69) is 6.92 Å². The topological polar surface area (TPSA) is 117 Å². The molecule has 0 amide bonds. The van der Waals surface area contributed by atoms with E-state index in [9.17, 15) is 9.59 Å². The lowest BCUT2D eigenvalue weighted by Crippen LogP contribution is -2.24. The predicted molar refractivity (Wildman–Crippen MR) is 197 cm³/mol. The molecule has 0 radical (unpaired) electrons. The average molecular weight is 721 g/mol. The molecular weight excluding hydrogens is 644 g/mol. The Morgan fingerprint density at radius 1 is 0.360 bits per heavy atom. The molecule has 0 atom stereocenters. The summed E-state index contributed by atoms with van der Waals surface area (Å²) in [5.74, 6) is -0.397. The Morgan fingerprint density at radius 3 is 1.00 bits per heavy atom. The number of ether oxygens (including phenoxy) is 9. The van der Waals surface area contributed by atoms with E-state index in [1.54, 1.807) is 0 Å². The standard InChI is InChI=1S/C39H76O11/c1-5-6-7-8-9-10-11-12-13-14-15-16-17-18-19-20-37(40)49-36-35-48-34-33-47-32-31-46-30-29-45-28-27-44-26-25-43-24-23-42-22-21-38(41)50-39(2,3)4/h5-36H2,1-4H3. The lowest BCUT2D eigenvalue weighted by atomic mass is 10.0. The first-order valence-corrected chi connectivity index (χ1v) is 19.8. The molecule has 0 bridgehead atoms. The molecule has 0 aromatic rings. The van der Waals surface area contributed by atoms with E-state index in [4.69, 9.17) is 42.6 Å². The molecule has 0 saturated carbocycles. The van der Waals surface area contributed by atoms with Gasteiger partial charge >= 0.3 is 11.9 Å². The van der Waals surface area contributed by atoms with Crippen molar-refractivity contribution in [1.29, 1.82) is 0 Å². The van der Waals surface area contributed by atoms with Gasteiger partial charge in [-0.2, -0.15) is 0 Å². The molecule has 11 nitrogen and oxygen atoms in total. The molecular formula is C39H76O11. The highest BCUT2D eigenvalue weighted by Gasteiger charge is 2.15. The van der Waals surface area contributed by atoms with Gasteiger partial charge in [0.25, 0.3) is 0 Å². The zero-order valence-corrected chi connectivity index (χ0v) is 32.6. The summed E-state index contributed by atoms with van der Waals surface area (Å²) >= 11 is 0. The molecule has 0 rings (SSSR count). The number of esters is 2. The van der Waals surface area contributed by atoms with Crippen LogP contribution in [-0.4, -0.2) is 117 Å². The molecule has 0 aromatic heterocycles. The lowest BCUT2D eigenvalue weighted by Gasteiger charge is -2.19. The average Bonchev–Trinajstić information content (AvgIpc) is 3.07. The minimum absolute atomic E-state index is 0.133. The predicted octanol–water partition coefficient (Wildman–Crippen LogP) is 7.64. The second kappa shape index (κ2) is 38.9. The number of carbonyl (C=O) groups is 2. The van der Waals surface area contributed by atoms with Crippen molar-refractivity contribution in [2.45, 2.75) is 142 Å². The lowest BCUT2D eigenvalue weighted by molar-refractivity contribution is -0.156. The van der Waals surface area contributed by atoms with Crippen molar-refractivity contribution in [3.63, 3.8) is 0 Å². The van der Waals surface area contributed by atoms with Crippen molar-refractivity contribution in [2.75, 3.05) is 99.1 Å². The third-order valence-corrected chi connectivity index (χ3v) is 7.58. The summed E-state index contributed by atoms with van der Waals surface area (Å²) in [6.45, 7) is 14.4. The Hall–Kier alpha value is -1.34. The number of rotatable bonds is 40. The quantitative estimate of drug-likeness (QED) is 0.0459. The summed E-state index contributed by atoms with van der Waals surface area (Å²) in [7, 11) is 0. The fourth-order valence-electron chi connectivity index (χ4n) is 4.90. The fourth-order valence-corrected chi connectivity index (χ4v) is 4.90. The van der Waals surface area contributed by atoms with Crippen LogP contribution in [0.3, 0.4) is 0 Å². The Kier molecular flexibility index (Phi) is 37.8. The maximum absolute atomic E-state index is 11.9. The molecule has 0 heterocycles. The van der Waals surface area contributed by atoms with Crippen LogP contribution in [0.25, 0.3) is 0 Å². The first-order valence-electron chi connectivity index (χ1n) is 19.8. The fraction of sp³-hybridized carbons (Fsp3) is 0.949. The van der Waals surface area contributed by atoms with Gasteiger partial charge in [-0.15, -0.1) is 0 Å². The highest BCUT2D eigenvalue weighted by atomic mass is 16.6. The summed E-state index contributed by atoms with van der Waals surface area (Å²) in [5.41, 5.74) is -0.473. The van der Waals surface area contributed by atoms with Gasteiger partial charge in [-0.05, 0) is 27.2 Å². The molecule has 0 aliphatic rings. The van der Waals surface area contributed by atoms with Crippen molar-refractivity contribution in [1.82, 2.24) is 0 Å². The molecule has 0 aliphatic heterocycles. The number of hydrogen-bond acceptors (Lipinski definition) is 11. The van der Waals surface area contributed by atoms with Crippen LogP contribution in [0.4, 0.5) is 0 Å². The van der Waals surface area contributed by atoms with E-state index in [0.717, 1.165) is 12.8 Å². The third kappa shape index (κ3) is 42.8. The largest absolute Gasteiger partial charge is 0.463 e. The smallest absolute Gasteiger partial charge is 0.308 e. The minimum Gasteiger partial charge on any atom is -0.463 e. The molecule has 0 fully saturated rings. The molecule has 0 saturated heterocycles. The Morgan fingerprint density at radius 2 is 0.660 bits per heavy atom. The second-order valence-corrected chi connectivity index (χ2v) is 13.5. The summed E-state index contributed by atoms with van der Waals surface area (Å²) in [4.78, 5) is 23.5. The van der Waals surface area contributed by atoms with E-state index >= 15 is 0 Å². The number of hydrogen-bond donors (Lipinski definition) is 0. The molecule has 0 aromatic carbocycles.